The van der Waals surface area contributed by atoms with Gasteiger partial charge in [0.25, 0.3) is 9.05 Å². The Morgan fingerprint density at radius 2 is 2.20 bits per heavy atom. The molecule has 110 valence electrons. The Morgan fingerprint density at radius 3 is 2.75 bits per heavy atom. The highest BCUT2D eigenvalue weighted by Crippen LogP contribution is 2.27. The van der Waals surface area contributed by atoms with E-state index in [2.05, 4.69) is 15.9 Å². The van der Waals surface area contributed by atoms with Crippen molar-refractivity contribution in [1.29, 1.82) is 0 Å². The van der Waals surface area contributed by atoms with Crippen LogP contribution in [0.3, 0.4) is 0 Å². The average molecular weight is 388 g/mol. The number of hydrogen-bond acceptors (Lipinski definition) is 5. The third-order valence-corrected chi connectivity index (χ3v) is 4.66. The van der Waals surface area contributed by atoms with Gasteiger partial charge in [-0.3, -0.25) is 0 Å². The molecule has 9 heteroatoms. The summed E-state index contributed by atoms with van der Waals surface area (Å²) in [6, 6.07) is 1.71. The highest BCUT2D eigenvalue weighted by molar-refractivity contribution is 9.10. The highest BCUT2D eigenvalue weighted by Gasteiger charge is 2.25. The maximum absolute atomic E-state index is 13.5. The number of carbonyl (C=O) groups excluding carboxylic acids is 1. The van der Waals surface area contributed by atoms with Crippen LogP contribution >= 0.6 is 26.6 Å². The first-order valence-electron chi connectivity index (χ1n) is 5.51. The maximum atomic E-state index is 13.5. The first-order valence-corrected chi connectivity index (χ1v) is 8.61. The molecule has 0 aromatic heterocycles. The summed E-state index contributed by atoms with van der Waals surface area (Å²) in [6.45, 7) is 0.773. The number of esters is 1. The molecule has 1 saturated heterocycles. The fourth-order valence-electron chi connectivity index (χ4n) is 1.69. The van der Waals surface area contributed by atoms with E-state index >= 15 is 0 Å². The predicted molar refractivity (Wildman–Crippen MR) is 71.8 cm³/mol. The Labute approximate surface area is 127 Å². The molecule has 0 N–H and O–H groups in total. The van der Waals surface area contributed by atoms with Gasteiger partial charge in [0.05, 0.1) is 18.8 Å². The second-order valence-corrected chi connectivity index (χ2v) is 7.48. The SMILES string of the molecule is O=C(OC1CCOC1)c1cc(S(=O)(=O)Cl)c(F)cc1Br. The largest absolute Gasteiger partial charge is 0.456 e. The van der Waals surface area contributed by atoms with Gasteiger partial charge in [-0.2, -0.15) is 0 Å². The smallest absolute Gasteiger partial charge is 0.339 e. The van der Waals surface area contributed by atoms with Crippen molar-refractivity contribution < 1.29 is 27.1 Å². The minimum atomic E-state index is -4.29. The van der Waals surface area contributed by atoms with Crippen molar-refractivity contribution in [2.75, 3.05) is 13.2 Å². The molecule has 1 atom stereocenters. The third-order valence-electron chi connectivity index (χ3n) is 2.67. The summed E-state index contributed by atoms with van der Waals surface area (Å²) in [4.78, 5) is 11.2. The Hall–Kier alpha value is -0.700. The van der Waals surface area contributed by atoms with Crippen molar-refractivity contribution in [3.8, 4) is 0 Å². The molecular formula is C11H9BrClFO5S. The molecule has 0 saturated carbocycles. The summed E-state index contributed by atoms with van der Waals surface area (Å²) >= 11 is 2.99. The van der Waals surface area contributed by atoms with E-state index in [0.29, 0.717) is 13.0 Å². The second kappa shape index (κ2) is 5.97. The van der Waals surface area contributed by atoms with Crippen LogP contribution in [0.5, 0.6) is 0 Å². The highest BCUT2D eigenvalue weighted by atomic mass is 79.9. The van der Waals surface area contributed by atoms with E-state index in [9.17, 15) is 17.6 Å². The lowest BCUT2D eigenvalue weighted by atomic mass is 10.2. The van der Waals surface area contributed by atoms with Gasteiger partial charge in [0.2, 0.25) is 0 Å². The van der Waals surface area contributed by atoms with Gasteiger partial charge in [-0.25, -0.2) is 17.6 Å². The minimum absolute atomic E-state index is 0.0861. The zero-order valence-corrected chi connectivity index (χ0v) is 13.1. The average Bonchev–Trinajstić information content (AvgIpc) is 2.79. The zero-order chi connectivity index (χ0) is 14.9. The van der Waals surface area contributed by atoms with Crippen molar-refractivity contribution in [2.24, 2.45) is 0 Å². The van der Waals surface area contributed by atoms with Crippen LogP contribution in [0.4, 0.5) is 4.39 Å². The molecule has 20 heavy (non-hydrogen) atoms. The van der Waals surface area contributed by atoms with Crippen molar-refractivity contribution in [1.82, 2.24) is 0 Å². The standard InChI is InChI=1S/C11H9BrClFO5S/c12-8-4-9(14)10(20(13,16)17)3-7(8)11(15)19-6-1-2-18-5-6/h3-4,6H,1-2,5H2. The molecule has 1 aliphatic rings. The molecule has 1 aliphatic heterocycles. The number of halogens is 3. The molecule has 0 amide bonds. The summed E-state index contributed by atoms with van der Waals surface area (Å²) in [5.74, 6) is -1.82. The normalized spacial score (nSPS) is 19.1. The Morgan fingerprint density at radius 1 is 1.50 bits per heavy atom. The monoisotopic (exact) mass is 386 g/mol. The number of benzene rings is 1. The van der Waals surface area contributed by atoms with Gasteiger partial charge in [-0.15, -0.1) is 0 Å². The van der Waals surface area contributed by atoms with Crippen molar-refractivity contribution >= 4 is 41.6 Å². The summed E-state index contributed by atoms with van der Waals surface area (Å²) in [6.07, 6.45) is 0.168. The van der Waals surface area contributed by atoms with Gasteiger partial charge in [0.1, 0.15) is 16.8 Å². The molecule has 2 rings (SSSR count). The van der Waals surface area contributed by atoms with Crippen molar-refractivity contribution in [2.45, 2.75) is 17.4 Å². The molecule has 1 heterocycles. The lowest BCUT2D eigenvalue weighted by molar-refractivity contribution is 0.0269. The van der Waals surface area contributed by atoms with Crippen molar-refractivity contribution in [3.63, 3.8) is 0 Å². The molecule has 0 bridgehead atoms. The van der Waals surface area contributed by atoms with E-state index < -0.39 is 31.8 Å². The van der Waals surface area contributed by atoms with Crippen LogP contribution in [0, 0.1) is 5.82 Å². The van der Waals surface area contributed by atoms with Crippen LogP contribution in [0.1, 0.15) is 16.8 Å². The summed E-state index contributed by atoms with van der Waals surface area (Å²) in [7, 11) is 0.818. The van der Waals surface area contributed by atoms with E-state index in [1.165, 1.54) is 0 Å². The fourth-order valence-corrected chi connectivity index (χ4v) is 3.08. The predicted octanol–water partition coefficient (Wildman–Crippen LogP) is 2.46. The number of hydrogen-bond donors (Lipinski definition) is 0. The molecule has 1 unspecified atom stereocenters. The van der Waals surface area contributed by atoms with Crippen LogP contribution < -0.4 is 0 Å². The Balaban J connectivity index is 2.33. The van der Waals surface area contributed by atoms with Crippen LogP contribution in [0.2, 0.25) is 0 Å². The first kappa shape index (κ1) is 15.7. The number of rotatable bonds is 3. The van der Waals surface area contributed by atoms with Gasteiger partial charge in [-0.05, 0) is 28.1 Å². The Bertz CT molecular complexity index is 642. The van der Waals surface area contributed by atoms with Gasteiger partial charge < -0.3 is 9.47 Å². The van der Waals surface area contributed by atoms with Crippen LogP contribution in [-0.2, 0) is 18.5 Å². The third kappa shape index (κ3) is 3.49. The number of ether oxygens (including phenoxy) is 2. The minimum Gasteiger partial charge on any atom is -0.456 e. The summed E-state index contributed by atoms with van der Waals surface area (Å²) < 4.78 is 46.2. The van der Waals surface area contributed by atoms with Crippen molar-refractivity contribution in [3.05, 3.63) is 28.0 Å². The van der Waals surface area contributed by atoms with Gasteiger partial charge in [0.15, 0.2) is 0 Å². The van der Waals surface area contributed by atoms with Crippen LogP contribution in [-0.4, -0.2) is 33.7 Å². The van der Waals surface area contributed by atoms with Crippen LogP contribution in [0.15, 0.2) is 21.5 Å². The topological polar surface area (TPSA) is 69.7 Å². The lowest BCUT2D eigenvalue weighted by Crippen LogP contribution is -2.19. The van der Waals surface area contributed by atoms with E-state index in [1.54, 1.807) is 0 Å². The summed E-state index contributed by atoms with van der Waals surface area (Å²) in [5.41, 5.74) is -0.113. The van der Waals surface area contributed by atoms with E-state index in [-0.39, 0.29) is 16.6 Å². The molecule has 1 aromatic carbocycles. The van der Waals surface area contributed by atoms with Crippen LogP contribution in [0.25, 0.3) is 0 Å². The van der Waals surface area contributed by atoms with Gasteiger partial charge >= 0.3 is 5.97 Å². The molecule has 0 spiro atoms. The molecule has 0 radical (unpaired) electrons. The quantitative estimate of drug-likeness (QED) is 0.589. The fraction of sp³-hybridized carbons (Fsp3) is 0.364. The maximum Gasteiger partial charge on any atom is 0.339 e. The molecule has 0 aliphatic carbocycles. The molecule has 1 fully saturated rings. The first-order chi connectivity index (χ1) is 9.29. The van der Waals surface area contributed by atoms with Gasteiger partial charge in [0, 0.05) is 21.6 Å². The zero-order valence-electron chi connectivity index (χ0n) is 9.94. The van der Waals surface area contributed by atoms with E-state index in [4.69, 9.17) is 20.2 Å². The summed E-state index contributed by atoms with van der Waals surface area (Å²) in [5, 5.41) is 0. The molecule has 5 nitrogen and oxygen atoms in total. The second-order valence-electron chi connectivity index (χ2n) is 4.09. The molecular weight excluding hydrogens is 379 g/mol. The lowest BCUT2D eigenvalue weighted by Gasteiger charge is -2.12. The molecule has 1 aromatic rings. The van der Waals surface area contributed by atoms with Gasteiger partial charge in [-0.1, -0.05) is 0 Å². The van der Waals surface area contributed by atoms with E-state index in [0.717, 1.165) is 12.1 Å². The Kier molecular flexibility index (Phi) is 4.68. The number of carbonyl (C=O) groups is 1. The van der Waals surface area contributed by atoms with E-state index in [1.807, 2.05) is 0 Å².